The Kier molecular flexibility index (Phi) is 3.03. The fourth-order valence-electron chi connectivity index (χ4n) is 1.54. The highest BCUT2D eigenvalue weighted by Gasteiger charge is 2.15. The summed E-state index contributed by atoms with van der Waals surface area (Å²) in [5.74, 6) is 0.575. The topological polar surface area (TPSA) is 41.6 Å². The third-order valence-electron chi connectivity index (χ3n) is 2.36. The van der Waals surface area contributed by atoms with E-state index in [0.717, 1.165) is 18.7 Å². The lowest BCUT2D eigenvalue weighted by molar-refractivity contribution is 0.448. The third-order valence-corrected chi connectivity index (χ3v) is 3.22. The number of nitrogens with two attached hydrogens (primary N) is 1. The molecule has 0 saturated carbocycles. The first-order valence-corrected chi connectivity index (χ1v) is 5.42. The molecule has 0 spiro atoms. The molecule has 1 aromatic carbocycles. The van der Waals surface area contributed by atoms with Gasteiger partial charge >= 0.3 is 0 Å². The molecule has 1 aromatic rings. The van der Waals surface area contributed by atoms with Crippen molar-refractivity contribution in [3.8, 4) is 0 Å². The molecule has 15 heavy (non-hydrogen) atoms. The van der Waals surface area contributed by atoms with E-state index in [4.69, 9.17) is 28.9 Å². The maximum atomic E-state index is 6.08. The van der Waals surface area contributed by atoms with Crippen LogP contribution < -0.4 is 5.73 Å². The number of benzene rings is 1. The smallest absolute Gasteiger partial charge is 0.191 e. The van der Waals surface area contributed by atoms with E-state index in [-0.39, 0.29) is 0 Å². The molecule has 1 aliphatic rings. The molecule has 0 bridgehead atoms. The summed E-state index contributed by atoms with van der Waals surface area (Å²) in [6.45, 7) is 2.26. The van der Waals surface area contributed by atoms with Gasteiger partial charge in [0.25, 0.3) is 0 Å². The van der Waals surface area contributed by atoms with Gasteiger partial charge in [0.1, 0.15) is 0 Å². The fraction of sp³-hybridized carbons (Fsp3) is 0.300. The van der Waals surface area contributed by atoms with Crippen molar-refractivity contribution in [2.45, 2.75) is 6.54 Å². The summed E-state index contributed by atoms with van der Waals surface area (Å²) in [7, 11) is 0. The van der Waals surface area contributed by atoms with Crippen molar-refractivity contribution in [1.82, 2.24) is 4.90 Å². The lowest BCUT2D eigenvalue weighted by Crippen LogP contribution is -2.33. The highest BCUT2D eigenvalue weighted by molar-refractivity contribution is 6.42. The molecule has 1 aliphatic heterocycles. The van der Waals surface area contributed by atoms with Crippen LogP contribution in [0, 0.1) is 0 Å². The summed E-state index contributed by atoms with van der Waals surface area (Å²) < 4.78 is 0. The molecule has 0 aromatic heterocycles. The van der Waals surface area contributed by atoms with Crippen LogP contribution in [0.1, 0.15) is 5.56 Å². The largest absolute Gasteiger partial charge is 0.370 e. The van der Waals surface area contributed by atoms with Crippen LogP contribution in [0.15, 0.2) is 23.2 Å². The van der Waals surface area contributed by atoms with Crippen molar-refractivity contribution in [3.05, 3.63) is 33.8 Å². The Balaban J connectivity index is 2.17. The van der Waals surface area contributed by atoms with Crippen LogP contribution in [0.4, 0.5) is 0 Å². The maximum Gasteiger partial charge on any atom is 0.191 e. The van der Waals surface area contributed by atoms with E-state index < -0.39 is 0 Å². The van der Waals surface area contributed by atoms with Crippen LogP contribution in [-0.4, -0.2) is 23.9 Å². The number of aliphatic imine (C=N–C) groups is 1. The fourth-order valence-corrected chi connectivity index (χ4v) is 1.92. The first-order valence-electron chi connectivity index (χ1n) is 4.66. The Hall–Kier alpha value is -0.930. The molecule has 2 N–H and O–H groups in total. The van der Waals surface area contributed by atoms with E-state index >= 15 is 0 Å². The lowest BCUT2D eigenvalue weighted by Gasteiger charge is -2.18. The van der Waals surface area contributed by atoms with Gasteiger partial charge in [0.15, 0.2) is 5.96 Å². The van der Waals surface area contributed by atoms with E-state index in [1.807, 2.05) is 17.0 Å². The minimum Gasteiger partial charge on any atom is -0.370 e. The summed E-state index contributed by atoms with van der Waals surface area (Å²) in [5.41, 5.74) is 6.69. The number of halogens is 2. The summed E-state index contributed by atoms with van der Waals surface area (Å²) in [5, 5.41) is 1.17. The molecule has 0 radical (unpaired) electrons. The molecule has 2 rings (SSSR count). The molecule has 80 valence electrons. The molecule has 1 heterocycles. The van der Waals surface area contributed by atoms with Crippen molar-refractivity contribution >= 4 is 29.2 Å². The van der Waals surface area contributed by atoms with Crippen LogP contribution in [0.25, 0.3) is 0 Å². The van der Waals surface area contributed by atoms with Crippen LogP contribution >= 0.6 is 23.2 Å². The van der Waals surface area contributed by atoms with Crippen molar-refractivity contribution in [1.29, 1.82) is 0 Å². The Morgan fingerprint density at radius 2 is 2.20 bits per heavy atom. The number of hydrogen-bond donors (Lipinski definition) is 1. The predicted octanol–water partition coefficient (Wildman–Crippen LogP) is 2.12. The van der Waals surface area contributed by atoms with Crippen molar-refractivity contribution < 1.29 is 0 Å². The third kappa shape index (κ3) is 2.19. The predicted molar refractivity (Wildman–Crippen MR) is 63.4 cm³/mol. The zero-order valence-corrected chi connectivity index (χ0v) is 9.59. The quantitative estimate of drug-likeness (QED) is 0.865. The van der Waals surface area contributed by atoms with Crippen LogP contribution in [-0.2, 0) is 6.54 Å². The summed E-state index contributed by atoms with van der Waals surface area (Å²) in [6.07, 6.45) is 0. The van der Waals surface area contributed by atoms with Gasteiger partial charge in [-0.2, -0.15) is 0 Å². The van der Waals surface area contributed by atoms with E-state index in [9.17, 15) is 0 Å². The molecule has 0 atom stereocenters. The molecular weight excluding hydrogens is 233 g/mol. The van der Waals surface area contributed by atoms with Gasteiger partial charge in [0, 0.05) is 13.1 Å². The van der Waals surface area contributed by atoms with E-state index in [2.05, 4.69) is 4.99 Å². The number of nitrogens with zero attached hydrogens (tertiary/aromatic N) is 2. The summed E-state index contributed by atoms with van der Waals surface area (Å²) >= 11 is 12.0. The normalized spacial score (nSPS) is 15.6. The van der Waals surface area contributed by atoms with Gasteiger partial charge in [0.2, 0.25) is 0 Å². The zero-order valence-electron chi connectivity index (χ0n) is 8.08. The number of guanidine groups is 1. The van der Waals surface area contributed by atoms with Crippen molar-refractivity contribution in [2.24, 2.45) is 10.7 Å². The molecule has 5 heteroatoms. The Bertz CT molecular complexity index is 404. The highest BCUT2D eigenvalue weighted by atomic mass is 35.5. The van der Waals surface area contributed by atoms with Gasteiger partial charge in [-0.05, 0) is 11.6 Å². The van der Waals surface area contributed by atoms with Crippen molar-refractivity contribution in [2.75, 3.05) is 13.1 Å². The van der Waals surface area contributed by atoms with E-state index in [1.165, 1.54) is 0 Å². The standard InChI is InChI=1S/C10H11Cl2N3/c11-8-3-1-2-7(9(8)12)6-15-5-4-14-10(15)13/h1-3H,4-6H2,(H2,13,14). The lowest BCUT2D eigenvalue weighted by atomic mass is 10.2. The minimum absolute atomic E-state index is 0.573. The average molecular weight is 244 g/mol. The molecule has 0 amide bonds. The molecular formula is C10H11Cl2N3. The average Bonchev–Trinajstić information content (AvgIpc) is 2.60. The molecule has 0 fully saturated rings. The summed E-state index contributed by atoms with van der Waals surface area (Å²) in [4.78, 5) is 6.09. The molecule has 3 nitrogen and oxygen atoms in total. The van der Waals surface area contributed by atoms with Crippen LogP contribution in [0.5, 0.6) is 0 Å². The maximum absolute atomic E-state index is 6.08. The Labute approximate surface area is 98.5 Å². The first kappa shape index (κ1) is 10.6. The highest BCUT2D eigenvalue weighted by Crippen LogP contribution is 2.26. The molecule has 0 aliphatic carbocycles. The second kappa shape index (κ2) is 4.29. The minimum atomic E-state index is 0.573. The van der Waals surface area contributed by atoms with Crippen LogP contribution in [0.2, 0.25) is 10.0 Å². The van der Waals surface area contributed by atoms with Gasteiger partial charge in [0.05, 0.1) is 16.6 Å². The van der Waals surface area contributed by atoms with Gasteiger partial charge in [-0.25, -0.2) is 0 Å². The molecule has 0 saturated heterocycles. The van der Waals surface area contributed by atoms with Crippen molar-refractivity contribution in [3.63, 3.8) is 0 Å². The van der Waals surface area contributed by atoms with Gasteiger partial charge in [-0.1, -0.05) is 35.3 Å². The first-order chi connectivity index (χ1) is 7.18. The second-order valence-electron chi connectivity index (χ2n) is 3.37. The Morgan fingerprint density at radius 3 is 2.87 bits per heavy atom. The number of rotatable bonds is 2. The Morgan fingerprint density at radius 1 is 1.40 bits per heavy atom. The second-order valence-corrected chi connectivity index (χ2v) is 4.16. The van der Waals surface area contributed by atoms with E-state index in [0.29, 0.717) is 22.5 Å². The monoisotopic (exact) mass is 243 g/mol. The summed E-state index contributed by atoms with van der Waals surface area (Å²) in [6, 6.07) is 5.60. The van der Waals surface area contributed by atoms with Crippen LogP contribution in [0.3, 0.4) is 0 Å². The van der Waals surface area contributed by atoms with Gasteiger partial charge < -0.3 is 10.6 Å². The van der Waals surface area contributed by atoms with E-state index in [1.54, 1.807) is 6.07 Å². The van der Waals surface area contributed by atoms with Gasteiger partial charge in [-0.15, -0.1) is 0 Å². The molecule has 0 unspecified atom stereocenters. The number of hydrogen-bond acceptors (Lipinski definition) is 3. The van der Waals surface area contributed by atoms with Gasteiger partial charge in [-0.3, -0.25) is 4.99 Å². The SMILES string of the molecule is NC1=NCCN1Cc1cccc(Cl)c1Cl. The zero-order chi connectivity index (χ0) is 10.8.